The lowest BCUT2D eigenvalue weighted by Gasteiger charge is -2.02. The van der Waals surface area contributed by atoms with Gasteiger partial charge in [0.1, 0.15) is 0 Å². The van der Waals surface area contributed by atoms with Gasteiger partial charge >= 0.3 is 0 Å². The zero-order chi connectivity index (χ0) is 9.46. The fourth-order valence-electron chi connectivity index (χ4n) is 0.578. The van der Waals surface area contributed by atoms with Crippen LogP contribution in [0.2, 0.25) is 0 Å². The van der Waals surface area contributed by atoms with E-state index in [2.05, 4.69) is 0 Å². The third-order valence-corrected chi connectivity index (χ3v) is 4.21. The second kappa shape index (κ2) is 3.64. The van der Waals surface area contributed by atoms with E-state index in [-0.39, 0.29) is 7.14 Å². The molecule has 0 saturated carbocycles. The van der Waals surface area contributed by atoms with Crippen LogP contribution in [0.1, 0.15) is 0 Å². The van der Waals surface area contributed by atoms with Crippen LogP contribution in [0.15, 0.2) is 0 Å². The number of rotatable bonds is 0. The first-order valence-electron chi connectivity index (χ1n) is 2.63. The highest BCUT2D eigenvalue weighted by molar-refractivity contribution is 14.1. The molecular weight excluding hydrogens is 402 g/mol. The van der Waals surface area contributed by atoms with E-state index in [0.717, 1.165) is 0 Å². The average Bonchev–Trinajstić information content (AvgIpc) is 2.08. The summed E-state index contributed by atoms with van der Waals surface area (Å²) >= 11 is 2.82. The lowest BCUT2D eigenvalue weighted by atomic mass is 10.3. The van der Waals surface area contributed by atoms with Crippen LogP contribution in [-0.4, -0.2) is 0 Å². The molecule has 0 bridgehead atoms. The minimum absolute atomic E-state index is 0.246. The van der Waals surface area contributed by atoms with Gasteiger partial charge in [0, 0.05) is 0 Å². The molecule has 0 aromatic heterocycles. The Morgan fingerprint density at radius 3 is 1.08 bits per heavy atom. The fraction of sp³-hybridized carbons (Fsp3) is 0. The maximum Gasteiger partial charge on any atom is 0.198 e. The first kappa shape index (κ1) is 10.5. The molecule has 0 N–H and O–H groups in total. The number of halogens is 6. The van der Waals surface area contributed by atoms with Crippen molar-refractivity contribution in [1.82, 2.24) is 0 Å². The van der Waals surface area contributed by atoms with E-state index < -0.39 is 23.3 Å². The van der Waals surface area contributed by atoms with Gasteiger partial charge in [-0.1, -0.05) is 0 Å². The molecule has 0 fully saturated rings. The molecule has 0 atom stereocenters. The quantitative estimate of drug-likeness (QED) is 0.270. The van der Waals surface area contributed by atoms with Crippen LogP contribution in [0.4, 0.5) is 17.6 Å². The first-order valence-corrected chi connectivity index (χ1v) is 4.79. The van der Waals surface area contributed by atoms with Gasteiger partial charge in [-0.15, -0.1) is 0 Å². The van der Waals surface area contributed by atoms with Gasteiger partial charge in [0.15, 0.2) is 23.3 Å². The third-order valence-electron chi connectivity index (χ3n) is 1.16. The summed E-state index contributed by atoms with van der Waals surface area (Å²) in [5.74, 6) is -6.23. The van der Waals surface area contributed by atoms with Crippen molar-refractivity contribution in [3.8, 4) is 0 Å². The van der Waals surface area contributed by atoms with Gasteiger partial charge in [-0.2, -0.15) is 0 Å². The highest BCUT2D eigenvalue weighted by Crippen LogP contribution is 2.26. The standard InChI is InChI=1S/C6F4I2/c7-1-2(8)4(10)6(12)5(11)3(1)9. The average molecular weight is 402 g/mol. The minimum Gasteiger partial charge on any atom is -0.202 e. The maximum atomic E-state index is 12.6. The molecule has 6 heteroatoms. The first-order chi connectivity index (χ1) is 5.46. The third kappa shape index (κ3) is 1.54. The molecule has 12 heavy (non-hydrogen) atoms. The van der Waals surface area contributed by atoms with Crippen molar-refractivity contribution in [3.63, 3.8) is 0 Å². The highest BCUT2D eigenvalue weighted by Gasteiger charge is 2.21. The van der Waals surface area contributed by atoms with Crippen molar-refractivity contribution in [2.75, 3.05) is 0 Å². The van der Waals surface area contributed by atoms with E-state index in [0.29, 0.717) is 0 Å². The lowest BCUT2D eigenvalue weighted by Crippen LogP contribution is -2.02. The molecule has 0 saturated heterocycles. The number of benzene rings is 1. The van der Waals surface area contributed by atoms with Gasteiger partial charge in [0.05, 0.1) is 7.14 Å². The zero-order valence-electron chi connectivity index (χ0n) is 5.27. The molecule has 0 unspecified atom stereocenters. The van der Waals surface area contributed by atoms with E-state index in [4.69, 9.17) is 0 Å². The van der Waals surface area contributed by atoms with E-state index >= 15 is 0 Å². The summed E-state index contributed by atoms with van der Waals surface area (Å²) in [4.78, 5) is 0. The van der Waals surface area contributed by atoms with E-state index in [1.165, 1.54) is 45.2 Å². The largest absolute Gasteiger partial charge is 0.202 e. The summed E-state index contributed by atoms with van der Waals surface area (Å²) in [6, 6.07) is 0. The molecule has 1 rings (SSSR count). The zero-order valence-corrected chi connectivity index (χ0v) is 9.58. The van der Waals surface area contributed by atoms with Crippen LogP contribution in [0.25, 0.3) is 0 Å². The Labute approximate surface area is 92.6 Å². The van der Waals surface area contributed by atoms with Gasteiger partial charge in [-0.05, 0) is 45.2 Å². The van der Waals surface area contributed by atoms with Gasteiger partial charge in [0.2, 0.25) is 0 Å². The molecule has 0 nitrogen and oxygen atoms in total. The second-order valence-corrected chi connectivity index (χ2v) is 4.04. The minimum atomic E-state index is -1.77. The summed E-state index contributed by atoms with van der Waals surface area (Å²) in [6.07, 6.45) is 0. The Morgan fingerprint density at radius 1 is 0.583 bits per heavy atom. The van der Waals surface area contributed by atoms with Gasteiger partial charge in [0.25, 0.3) is 0 Å². The lowest BCUT2D eigenvalue weighted by molar-refractivity contribution is 0.402. The number of hydrogen-bond donors (Lipinski definition) is 0. The molecular formula is C6F4I2. The predicted octanol–water partition coefficient (Wildman–Crippen LogP) is 3.45. The van der Waals surface area contributed by atoms with Crippen molar-refractivity contribution in [1.29, 1.82) is 0 Å². The molecule has 1 aromatic rings. The van der Waals surface area contributed by atoms with E-state index in [1.54, 1.807) is 0 Å². The molecule has 0 aliphatic heterocycles. The molecule has 0 radical (unpaired) electrons. The molecule has 0 aliphatic carbocycles. The van der Waals surface area contributed by atoms with Crippen LogP contribution in [0.5, 0.6) is 0 Å². The Bertz CT molecular complexity index is 232. The maximum absolute atomic E-state index is 12.6. The topological polar surface area (TPSA) is 0 Å². The molecule has 0 spiro atoms. The van der Waals surface area contributed by atoms with Crippen molar-refractivity contribution in [2.45, 2.75) is 0 Å². The van der Waals surface area contributed by atoms with Crippen molar-refractivity contribution >= 4 is 45.2 Å². The Hall–Kier alpha value is 0.400. The van der Waals surface area contributed by atoms with Crippen molar-refractivity contribution in [3.05, 3.63) is 30.4 Å². The highest BCUT2D eigenvalue weighted by atomic mass is 127. The van der Waals surface area contributed by atoms with Gasteiger partial charge < -0.3 is 0 Å². The Balaban J connectivity index is 3.60. The van der Waals surface area contributed by atoms with Gasteiger partial charge in [-0.25, -0.2) is 17.6 Å². The van der Waals surface area contributed by atoms with Gasteiger partial charge in [-0.3, -0.25) is 0 Å². The summed E-state index contributed by atoms with van der Waals surface area (Å²) < 4.78 is 49.7. The van der Waals surface area contributed by atoms with Crippen LogP contribution >= 0.6 is 45.2 Å². The molecule has 66 valence electrons. The summed E-state index contributed by atoms with van der Waals surface area (Å²) in [5.41, 5.74) is 0. The molecule has 0 heterocycles. The summed E-state index contributed by atoms with van der Waals surface area (Å²) in [5, 5.41) is 0. The van der Waals surface area contributed by atoms with Crippen LogP contribution in [0.3, 0.4) is 0 Å². The predicted molar refractivity (Wildman–Crippen MR) is 51.7 cm³/mol. The molecule has 1 aromatic carbocycles. The monoisotopic (exact) mass is 402 g/mol. The van der Waals surface area contributed by atoms with E-state index in [9.17, 15) is 17.6 Å². The van der Waals surface area contributed by atoms with Crippen LogP contribution < -0.4 is 0 Å². The smallest absolute Gasteiger partial charge is 0.198 e. The van der Waals surface area contributed by atoms with E-state index in [1.807, 2.05) is 0 Å². The number of hydrogen-bond acceptors (Lipinski definition) is 0. The molecule has 0 amide bonds. The SMILES string of the molecule is Fc1c(F)c(F)c(I)c(I)c1F. The Morgan fingerprint density at radius 2 is 0.833 bits per heavy atom. The Kier molecular flexibility index (Phi) is 3.18. The summed E-state index contributed by atoms with van der Waals surface area (Å²) in [7, 11) is 0. The van der Waals surface area contributed by atoms with Crippen LogP contribution in [0, 0.1) is 30.4 Å². The van der Waals surface area contributed by atoms with Crippen molar-refractivity contribution < 1.29 is 17.6 Å². The normalized spacial score (nSPS) is 10.5. The molecule has 0 aliphatic rings. The second-order valence-electron chi connectivity index (χ2n) is 1.88. The van der Waals surface area contributed by atoms with Crippen molar-refractivity contribution in [2.24, 2.45) is 0 Å². The summed E-state index contributed by atoms with van der Waals surface area (Å²) in [6.45, 7) is 0. The van der Waals surface area contributed by atoms with Crippen LogP contribution in [-0.2, 0) is 0 Å². The fourth-order valence-corrected chi connectivity index (χ4v) is 1.53.